The van der Waals surface area contributed by atoms with Gasteiger partial charge in [-0.15, -0.1) is 15.3 Å². The van der Waals surface area contributed by atoms with Crippen LogP contribution >= 0.6 is 0 Å². The Bertz CT molecular complexity index is 811. The molecule has 0 bridgehead atoms. The van der Waals surface area contributed by atoms with Crippen LogP contribution in [0.4, 0.5) is 5.82 Å². The van der Waals surface area contributed by atoms with Crippen LogP contribution in [0, 0.1) is 5.92 Å². The van der Waals surface area contributed by atoms with Crippen molar-refractivity contribution in [1.29, 1.82) is 0 Å². The van der Waals surface area contributed by atoms with E-state index in [1.54, 1.807) is 0 Å². The van der Waals surface area contributed by atoms with Crippen molar-refractivity contribution in [3.63, 3.8) is 0 Å². The molecule has 23 heavy (non-hydrogen) atoms. The summed E-state index contributed by atoms with van der Waals surface area (Å²) in [5.74, 6) is 2.51. The quantitative estimate of drug-likeness (QED) is 0.728. The Kier molecular flexibility index (Phi) is 3.48. The lowest BCUT2D eigenvalue weighted by Crippen LogP contribution is -2.41. The van der Waals surface area contributed by atoms with Gasteiger partial charge in [0.1, 0.15) is 5.82 Å². The predicted molar refractivity (Wildman–Crippen MR) is 91.4 cm³/mol. The van der Waals surface area contributed by atoms with Crippen LogP contribution in [0.25, 0.3) is 17.0 Å². The van der Waals surface area contributed by atoms with Crippen molar-refractivity contribution in [2.45, 2.75) is 32.7 Å². The Hall–Kier alpha value is -2.43. The second-order valence-corrected chi connectivity index (χ2v) is 6.54. The number of hydrogen-bond donors (Lipinski definition) is 0. The van der Waals surface area contributed by atoms with Crippen LogP contribution in [0.5, 0.6) is 0 Å². The highest BCUT2D eigenvalue weighted by Crippen LogP contribution is 2.27. The van der Waals surface area contributed by atoms with E-state index in [2.05, 4.69) is 35.0 Å². The summed E-state index contributed by atoms with van der Waals surface area (Å²) in [5.41, 5.74) is 1.81. The van der Waals surface area contributed by atoms with Gasteiger partial charge in [0.2, 0.25) is 0 Å². The van der Waals surface area contributed by atoms with Crippen LogP contribution in [-0.4, -0.2) is 32.4 Å². The lowest BCUT2D eigenvalue weighted by atomic mass is 9.95. The average molecular weight is 307 g/mol. The molecular weight excluding hydrogens is 286 g/mol. The van der Waals surface area contributed by atoms with Gasteiger partial charge in [-0.3, -0.25) is 0 Å². The highest BCUT2D eigenvalue weighted by Gasteiger charge is 2.24. The number of anilines is 1. The van der Waals surface area contributed by atoms with Crippen molar-refractivity contribution in [3.05, 3.63) is 42.5 Å². The first kappa shape index (κ1) is 14.2. The first-order valence-electron chi connectivity index (χ1n) is 8.27. The van der Waals surface area contributed by atoms with E-state index in [9.17, 15) is 0 Å². The number of hydrogen-bond acceptors (Lipinski definition) is 4. The second-order valence-electron chi connectivity index (χ2n) is 6.54. The SMILES string of the molecule is CC1CCC(C)N(c2ccc3nnc(-c4ccccc4)n3n2)C1. The van der Waals surface area contributed by atoms with Gasteiger partial charge in [-0.2, -0.15) is 4.52 Å². The van der Waals surface area contributed by atoms with Crippen LogP contribution < -0.4 is 4.90 Å². The van der Waals surface area contributed by atoms with E-state index in [0.717, 1.165) is 29.4 Å². The third kappa shape index (κ3) is 2.56. The number of nitrogens with zero attached hydrogens (tertiary/aromatic N) is 5. The Balaban J connectivity index is 1.78. The predicted octanol–water partition coefficient (Wildman–Crippen LogP) is 3.42. The standard InChI is InChI=1S/C18H21N5/c1-13-8-9-14(2)22(12-13)17-11-10-16-19-20-18(23(16)21-17)15-6-4-3-5-7-15/h3-7,10-11,13-14H,8-9,12H2,1-2H3. The largest absolute Gasteiger partial charge is 0.352 e. The molecular formula is C18H21N5. The Morgan fingerprint density at radius 1 is 0.957 bits per heavy atom. The van der Waals surface area contributed by atoms with Gasteiger partial charge in [-0.05, 0) is 37.8 Å². The van der Waals surface area contributed by atoms with E-state index in [-0.39, 0.29) is 0 Å². The van der Waals surface area contributed by atoms with E-state index in [4.69, 9.17) is 5.10 Å². The van der Waals surface area contributed by atoms with Crippen molar-refractivity contribution < 1.29 is 0 Å². The number of rotatable bonds is 2. The Labute approximate surface area is 136 Å². The van der Waals surface area contributed by atoms with Gasteiger partial charge in [0.05, 0.1) is 0 Å². The summed E-state index contributed by atoms with van der Waals surface area (Å²) in [4.78, 5) is 2.41. The minimum Gasteiger partial charge on any atom is -0.352 e. The molecule has 118 valence electrons. The van der Waals surface area contributed by atoms with Crippen LogP contribution in [0.15, 0.2) is 42.5 Å². The van der Waals surface area contributed by atoms with Crippen LogP contribution in [0.1, 0.15) is 26.7 Å². The number of piperidine rings is 1. The number of fused-ring (bicyclic) bond motifs is 1. The monoisotopic (exact) mass is 307 g/mol. The summed E-state index contributed by atoms with van der Waals surface area (Å²) in [7, 11) is 0. The maximum Gasteiger partial charge on any atom is 0.185 e. The van der Waals surface area contributed by atoms with Crippen LogP contribution in [0.3, 0.4) is 0 Å². The van der Waals surface area contributed by atoms with E-state index in [1.165, 1.54) is 12.8 Å². The molecule has 1 aliphatic heterocycles. The molecule has 2 atom stereocenters. The lowest BCUT2D eigenvalue weighted by molar-refractivity contribution is 0.387. The molecule has 3 heterocycles. The maximum absolute atomic E-state index is 4.84. The van der Waals surface area contributed by atoms with Crippen molar-refractivity contribution in [1.82, 2.24) is 19.8 Å². The highest BCUT2D eigenvalue weighted by atomic mass is 15.4. The molecule has 1 fully saturated rings. The van der Waals surface area contributed by atoms with Gasteiger partial charge in [-0.25, -0.2) is 0 Å². The van der Waals surface area contributed by atoms with Crippen molar-refractivity contribution >= 4 is 11.5 Å². The smallest absolute Gasteiger partial charge is 0.185 e. The first-order chi connectivity index (χ1) is 11.2. The van der Waals surface area contributed by atoms with E-state index >= 15 is 0 Å². The van der Waals surface area contributed by atoms with Gasteiger partial charge in [0.15, 0.2) is 11.5 Å². The Morgan fingerprint density at radius 2 is 1.78 bits per heavy atom. The van der Waals surface area contributed by atoms with E-state index in [1.807, 2.05) is 40.9 Å². The molecule has 0 N–H and O–H groups in total. The minimum absolute atomic E-state index is 0.521. The topological polar surface area (TPSA) is 46.3 Å². The summed E-state index contributed by atoms with van der Waals surface area (Å²) in [6.07, 6.45) is 2.51. The molecule has 5 heteroatoms. The Morgan fingerprint density at radius 3 is 2.61 bits per heavy atom. The zero-order valence-corrected chi connectivity index (χ0v) is 13.6. The summed E-state index contributed by atoms with van der Waals surface area (Å²) in [6, 6.07) is 14.7. The molecule has 0 spiro atoms. The number of benzene rings is 1. The van der Waals surface area contributed by atoms with E-state index < -0.39 is 0 Å². The molecule has 1 aliphatic rings. The summed E-state index contributed by atoms with van der Waals surface area (Å²) >= 11 is 0. The average Bonchev–Trinajstić information content (AvgIpc) is 3.01. The summed E-state index contributed by atoms with van der Waals surface area (Å²) in [5, 5.41) is 13.4. The third-order valence-electron chi connectivity index (χ3n) is 4.69. The molecule has 1 saturated heterocycles. The molecule has 2 aromatic heterocycles. The fraction of sp³-hybridized carbons (Fsp3) is 0.389. The lowest BCUT2D eigenvalue weighted by Gasteiger charge is -2.37. The first-order valence-corrected chi connectivity index (χ1v) is 8.27. The molecule has 3 aromatic rings. The zero-order valence-electron chi connectivity index (χ0n) is 13.6. The van der Waals surface area contributed by atoms with E-state index in [0.29, 0.717) is 12.0 Å². The van der Waals surface area contributed by atoms with Crippen molar-refractivity contribution in [2.75, 3.05) is 11.4 Å². The highest BCUT2D eigenvalue weighted by molar-refractivity contribution is 5.59. The fourth-order valence-corrected chi connectivity index (χ4v) is 3.31. The maximum atomic E-state index is 4.84. The van der Waals surface area contributed by atoms with Gasteiger partial charge in [0.25, 0.3) is 0 Å². The van der Waals surface area contributed by atoms with Crippen LogP contribution in [-0.2, 0) is 0 Å². The van der Waals surface area contributed by atoms with Crippen molar-refractivity contribution in [2.24, 2.45) is 5.92 Å². The normalized spacial score (nSPS) is 21.7. The van der Waals surface area contributed by atoms with Crippen molar-refractivity contribution in [3.8, 4) is 11.4 Å². The van der Waals surface area contributed by atoms with Crippen LogP contribution in [0.2, 0.25) is 0 Å². The third-order valence-corrected chi connectivity index (χ3v) is 4.69. The zero-order chi connectivity index (χ0) is 15.8. The molecule has 0 radical (unpaired) electrons. The second kappa shape index (κ2) is 5.65. The molecule has 0 saturated carbocycles. The van der Waals surface area contributed by atoms with Gasteiger partial charge >= 0.3 is 0 Å². The molecule has 5 nitrogen and oxygen atoms in total. The molecule has 0 amide bonds. The molecule has 4 rings (SSSR count). The summed E-state index contributed by atoms with van der Waals surface area (Å²) < 4.78 is 1.86. The molecule has 1 aromatic carbocycles. The van der Waals surface area contributed by atoms with Gasteiger partial charge in [0, 0.05) is 18.2 Å². The summed E-state index contributed by atoms with van der Waals surface area (Å²) in [6.45, 7) is 5.65. The fourth-order valence-electron chi connectivity index (χ4n) is 3.31. The van der Waals surface area contributed by atoms with Gasteiger partial charge < -0.3 is 4.90 Å². The minimum atomic E-state index is 0.521. The molecule has 0 aliphatic carbocycles. The molecule has 2 unspecified atom stereocenters. The van der Waals surface area contributed by atoms with Gasteiger partial charge in [-0.1, -0.05) is 37.3 Å². The number of aromatic nitrogens is 4.